The molecular formula is C24H30N2O4. The molecule has 160 valence electrons. The second-order valence-electron chi connectivity index (χ2n) is 8.18. The molecule has 6 heteroatoms. The summed E-state index contributed by atoms with van der Waals surface area (Å²) in [5, 5.41) is 12.8. The molecule has 1 unspecified atom stereocenters. The Morgan fingerprint density at radius 3 is 2.73 bits per heavy atom. The zero-order valence-electron chi connectivity index (χ0n) is 17.5. The summed E-state index contributed by atoms with van der Waals surface area (Å²) in [5.74, 6) is 1.41. The molecule has 0 radical (unpaired) electrons. The molecule has 2 heterocycles. The zero-order valence-corrected chi connectivity index (χ0v) is 17.5. The van der Waals surface area contributed by atoms with E-state index in [-0.39, 0.29) is 17.9 Å². The van der Waals surface area contributed by atoms with Crippen LogP contribution in [0.3, 0.4) is 0 Å². The number of aliphatic hydroxyl groups excluding tert-OH is 1. The van der Waals surface area contributed by atoms with Gasteiger partial charge >= 0.3 is 0 Å². The van der Waals surface area contributed by atoms with Crippen LogP contribution in [0.5, 0.6) is 11.5 Å². The van der Waals surface area contributed by atoms with Gasteiger partial charge in [-0.1, -0.05) is 24.3 Å². The van der Waals surface area contributed by atoms with Crippen LogP contribution in [0.1, 0.15) is 29.5 Å². The summed E-state index contributed by atoms with van der Waals surface area (Å²) in [5.41, 5.74) is 3.37. The molecule has 2 aromatic carbocycles. The lowest BCUT2D eigenvalue weighted by Crippen LogP contribution is -2.37. The third-order valence-electron chi connectivity index (χ3n) is 6.07. The highest BCUT2D eigenvalue weighted by atomic mass is 16.5. The summed E-state index contributed by atoms with van der Waals surface area (Å²) in [7, 11) is 1.64. The molecule has 1 saturated heterocycles. The van der Waals surface area contributed by atoms with E-state index in [1.165, 1.54) is 5.56 Å². The maximum Gasteiger partial charge on any atom is 0.227 e. The Morgan fingerprint density at radius 1 is 1.20 bits per heavy atom. The van der Waals surface area contributed by atoms with Gasteiger partial charge in [0.25, 0.3) is 0 Å². The van der Waals surface area contributed by atoms with Crippen molar-refractivity contribution in [3.63, 3.8) is 0 Å². The topological polar surface area (TPSA) is 71.0 Å². The van der Waals surface area contributed by atoms with Crippen molar-refractivity contribution in [2.24, 2.45) is 5.92 Å². The number of benzene rings is 2. The number of nitrogens with zero attached hydrogens (tertiary/aromatic N) is 1. The van der Waals surface area contributed by atoms with Gasteiger partial charge in [-0.3, -0.25) is 9.69 Å². The van der Waals surface area contributed by atoms with Crippen molar-refractivity contribution >= 4 is 5.91 Å². The number of carbonyl (C=O) groups excluding carboxylic acids is 1. The fourth-order valence-corrected chi connectivity index (χ4v) is 4.20. The van der Waals surface area contributed by atoms with Crippen molar-refractivity contribution in [2.45, 2.75) is 38.5 Å². The number of rotatable bonds is 6. The molecular weight excluding hydrogens is 380 g/mol. The van der Waals surface area contributed by atoms with E-state index in [0.717, 1.165) is 55.1 Å². The second-order valence-corrected chi connectivity index (χ2v) is 8.18. The number of ether oxygens (including phenoxy) is 2. The van der Waals surface area contributed by atoms with Crippen LogP contribution in [-0.2, 0) is 24.3 Å². The molecule has 30 heavy (non-hydrogen) atoms. The van der Waals surface area contributed by atoms with Crippen molar-refractivity contribution < 1.29 is 19.4 Å². The Balaban J connectivity index is 1.35. The Kier molecular flexibility index (Phi) is 6.55. The number of hydrogen-bond donors (Lipinski definition) is 2. The molecule has 4 rings (SSSR count). The average Bonchev–Trinajstić information content (AvgIpc) is 2.79. The van der Waals surface area contributed by atoms with Gasteiger partial charge in [0.2, 0.25) is 5.91 Å². The van der Waals surface area contributed by atoms with Crippen LogP contribution in [0.4, 0.5) is 0 Å². The minimum Gasteiger partial charge on any atom is -0.497 e. The third-order valence-corrected chi connectivity index (χ3v) is 6.07. The monoisotopic (exact) mass is 410 g/mol. The van der Waals surface area contributed by atoms with Gasteiger partial charge in [0.1, 0.15) is 18.1 Å². The highest BCUT2D eigenvalue weighted by molar-refractivity contribution is 5.79. The molecule has 0 saturated carbocycles. The van der Waals surface area contributed by atoms with Crippen molar-refractivity contribution in [1.82, 2.24) is 10.2 Å². The van der Waals surface area contributed by atoms with E-state index in [4.69, 9.17) is 9.47 Å². The fourth-order valence-electron chi connectivity index (χ4n) is 4.20. The van der Waals surface area contributed by atoms with Gasteiger partial charge in [-0.05, 0) is 54.2 Å². The number of piperidine rings is 1. The molecule has 0 aliphatic carbocycles. The normalized spacial score (nSPS) is 19.6. The van der Waals surface area contributed by atoms with Crippen LogP contribution in [-0.4, -0.2) is 48.8 Å². The van der Waals surface area contributed by atoms with E-state index in [1.54, 1.807) is 7.11 Å². The first-order chi connectivity index (χ1) is 14.6. The van der Waals surface area contributed by atoms with E-state index in [2.05, 4.69) is 22.3 Å². The number of likely N-dealkylation sites (tertiary alicyclic amines) is 1. The second kappa shape index (κ2) is 9.49. The Morgan fingerprint density at radius 2 is 1.97 bits per heavy atom. The molecule has 0 spiro atoms. The first-order valence-corrected chi connectivity index (χ1v) is 10.7. The SMILES string of the molecule is COc1ccc2c(c1)CC(C(=O)NCc1ccccc1CN1CCC(O)CC1)CO2. The minimum atomic E-state index is -0.208. The maximum atomic E-state index is 12.8. The molecule has 2 aromatic rings. The zero-order chi connectivity index (χ0) is 20.9. The standard InChI is InChI=1S/C24H30N2O4/c1-29-22-6-7-23-19(13-22)12-20(16-30-23)24(28)25-14-17-4-2-3-5-18(17)15-26-10-8-21(27)9-11-26/h2-7,13,20-21,27H,8-12,14-16H2,1H3,(H,25,28). The van der Waals surface area contributed by atoms with E-state index in [9.17, 15) is 9.90 Å². The van der Waals surface area contributed by atoms with E-state index < -0.39 is 0 Å². The van der Waals surface area contributed by atoms with Crippen molar-refractivity contribution in [2.75, 3.05) is 26.8 Å². The summed E-state index contributed by atoms with van der Waals surface area (Å²) in [6.45, 7) is 3.56. The van der Waals surface area contributed by atoms with Crippen LogP contribution >= 0.6 is 0 Å². The van der Waals surface area contributed by atoms with Crippen LogP contribution in [0, 0.1) is 5.92 Å². The summed E-state index contributed by atoms with van der Waals surface area (Å²) >= 11 is 0. The number of aliphatic hydroxyl groups is 1. The lowest BCUT2D eigenvalue weighted by molar-refractivity contribution is -0.126. The lowest BCUT2D eigenvalue weighted by Gasteiger charge is -2.30. The largest absolute Gasteiger partial charge is 0.497 e. The van der Waals surface area contributed by atoms with E-state index >= 15 is 0 Å². The van der Waals surface area contributed by atoms with Gasteiger partial charge in [0.05, 0.1) is 19.1 Å². The maximum absolute atomic E-state index is 12.8. The average molecular weight is 411 g/mol. The fraction of sp³-hybridized carbons (Fsp3) is 0.458. The Hall–Kier alpha value is -2.57. The van der Waals surface area contributed by atoms with E-state index in [0.29, 0.717) is 19.6 Å². The van der Waals surface area contributed by atoms with Gasteiger partial charge < -0.3 is 19.9 Å². The molecule has 2 N–H and O–H groups in total. The van der Waals surface area contributed by atoms with Gasteiger partial charge in [0.15, 0.2) is 0 Å². The number of hydrogen-bond acceptors (Lipinski definition) is 5. The van der Waals surface area contributed by atoms with Crippen LogP contribution in [0.15, 0.2) is 42.5 Å². The van der Waals surface area contributed by atoms with Gasteiger partial charge in [-0.25, -0.2) is 0 Å². The third kappa shape index (κ3) is 4.94. The van der Waals surface area contributed by atoms with Crippen molar-refractivity contribution in [1.29, 1.82) is 0 Å². The molecule has 2 aliphatic heterocycles. The Labute approximate surface area is 177 Å². The van der Waals surface area contributed by atoms with Crippen molar-refractivity contribution in [3.05, 3.63) is 59.2 Å². The summed E-state index contributed by atoms with van der Waals surface area (Å²) in [6.07, 6.45) is 2.13. The predicted octanol–water partition coefficient (Wildman–Crippen LogP) is 2.52. The molecule has 1 atom stereocenters. The van der Waals surface area contributed by atoms with Gasteiger partial charge in [-0.2, -0.15) is 0 Å². The first-order valence-electron chi connectivity index (χ1n) is 10.7. The minimum absolute atomic E-state index is 0.0133. The number of carbonyl (C=O) groups is 1. The van der Waals surface area contributed by atoms with Crippen LogP contribution < -0.4 is 14.8 Å². The number of methoxy groups -OCH3 is 1. The highest BCUT2D eigenvalue weighted by Gasteiger charge is 2.26. The van der Waals surface area contributed by atoms with Gasteiger partial charge in [-0.15, -0.1) is 0 Å². The number of fused-ring (bicyclic) bond motifs is 1. The lowest BCUT2D eigenvalue weighted by atomic mass is 9.95. The molecule has 6 nitrogen and oxygen atoms in total. The summed E-state index contributed by atoms with van der Waals surface area (Å²) in [6, 6.07) is 14.0. The quantitative estimate of drug-likeness (QED) is 0.766. The molecule has 2 aliphatic rings. The summed E-state index contributed by atoms with van der Waals surface area (Å²) in [4.78, 5) is 15.2. The first kappa shape index (κ1) is 20.7. The van der Waals surface area contributed by atoms with Crippen LogP contribution in [0.2, 0.25) is 0 Å². The van der Waals surface area contributed by atoms with Gasteiger partial charge in [0, 0.05) is 26.2 Å². The molecule has 0 aromatic heterocycles. The smallest absolute Gasteiger partial charge is 0.227 e. The van der Waals surface area contributed by atoms with E-state index in [1.807, 2.05) is 30.3 Å². The predicted molar refractivity (Wildman–Crippen MR) is 114 cm³/mol. The summed E-state index contributed by atoms with van der Waals surface area (Å²) < 4.78 is 11.1. The number of amides is 1. The highest BCUT2D eigenvalue weighted by Crippen LogP contribution is 2.30. The Bertz CT molecular complexity index is 877. The number of nitrogens with one attached hydrogen (secondary N) is 1. The van der Waals surface area contributed by atoms with Crippen LogP contribution in [0.25, 0.3) is 0 Å². The molecule has 1 fully saturated rings. The molecule has 1 amide bonds. The van der Waals surface area contributed by atoms with Crippen molar-refractivity contribution in [3.8, 4) is 11.5 Å². The molecule has 0 bridgehead atoms.